The maximum Gasteiger partial charge on any atom is 0.490 e. The van der Waals surface area contributed by atoms with Gasteiger partial charge in [-0.2, -0.15) is 26.3 Å². The molecule has 0 bridgehead atoms. The molecule has 0 amide bonds. The van der Waals surface area contributed by atoms with Crippen LogP contribution in [0.3, 0.4) is 0 Å². The number of halogens is 7. The van der Waals surface area contributed by atoms with Gasteiger partial charge in [0, 0.05) is 41.4 Å². The number of carbonyl (C=O) groups is 1. The van der Waals surface area contributed by atoms with Crippen LogP contribution in [0.4, 0.5) is 36.4 Å². The minimum Gasteiger partial charge on any atom is -0.476 e. The lowest BCUT2D eigenvalue weighted by Gasteiger charge is -2.32. The van der Waals surface area contributed by atoms with E-state index in [-0.39, 0.29) is 23.5 Å². The zero-order valence-electron chi connectivity index (χ0n) is 17.5. The lowest BCUT2D eigenvalue weighted by molar-refractivity contribution is -0.206. The third-order valence-electron chi connectivity index (χ3n) is 4.54. The van der Waals surface area contributed by atoms with Crippen molar-refractivity contribution < 1.29 is 59.4 Å². The summed E-state index contributed by atoms with van der Waals surface area (Å²) in [6.07, 6.45) is -13.0. The van der Waals surface area contributed by atoms with Crippen molar-refractivity contribution in [2.24, 2.45) is 11.7 Å². The summed E-state index contributed by atoms with van der Waals surface area (Å²) >= 11 is 0. The van der Waals surface area contributed by atoms with E-state index in [9.17, 15) is 40.0 Å². The second kappa shape index (κ2) is 12.0. The molecule has 8 nitrogen and oxygen atoms in total. The summed E-state index contributed by atoms with van der Waals surface area (Å²) in [6, 6.07) is 1.55. The van der Waals surface area contributed by atoms with Crippen molar-refractivity contribution in [1.29, 1.82) is 0 Å². The van der Waals surface area contributed by atoms with Crippen molar-refractivity contribution in [2.45, 2.75) is 37.0 Å². The molecule has 1 heterocycles. The second-order valence-corrected chi connectivity index (χ2v) is 8.83. The number of methoxy groups -OCH3 is 1. The average molecular weight is 528 g/mol. The van der Waals surface area contributed by atoms with Gasteiger partial charge in [0.1, 0.15) is 17.3 Å². The van der Waals surface area contributed by atoms with E-state index in [4.69, 9.17) is 26.1 Å². The van der Waals surface area contributed by atoms with Crippen LogP contribution in [0.5, 0.6) is 5.75 Å². The van der Waals surface area contributed by atoms with Crippen LogP contribution in [-0.2, 0) is 26.8 Å². The molecule has 1 saturated heterocycles. The summed E-state index contributed by atoms with van der Waals surface area (Å²) in [4.78, 5) is 8.90. The van der Waals surface area contributed by atoms with E-state index in [1.807, 2.05) is 0 Å². The molecule has 16 heteroatoms. The van der Waals surface area contributed by atoms with Crippen LogP contribution in [-0.4, -0.2) is 76.2 Å². The van der Waals surface area contributed by atoms with Crippen LogP contribution in [0, 0.1) is 11.7 Å². The molecule has 0 aromatic heterocycles. The van der Waals surface area contributed by atoms with Gasteiger partial charge in [0.15, 0.2) is 0 Å². The first-order chi connectivity index (χ1) is 15.5. The highest BCUT2D eigenvalue weighted by atomic mass is 32.2. The number of nitrogen functional groups attached to an aromatic ring is 1. The lowest BCUT2D eigenvalue weighted by atomic mass is 9.91. The number of hydrogen-bond acceptors (Lipinski definition) is 7. The van der Waals surface area contributed by atoms with Crippen molar-refractivity contribution in [2.75, 3.05) is 31.0 Å². The van der Waals surface area contributed by atoms with Crippen molar-refractivity contribution in [3.8, 4) is 5.75 Å². The number of carboxylic acids is 1. The summed E-state index contributed by atoms with van der Waals surface area (Å²) in [5.41, 5.74) is 11.0. The van der Waals surface area contributed by atoms with Gasteiger partial charge in [-0.1, -0.05) is 0 Å². The minimum atomic E-state index is -5.08. The van der Waals surface area contributed by atoms with Crippen LogP contribution >= 0.6 is 0 Å². The summed E-state index contributed by atoms with van der Waals surface area (Å²) < 4.78 is 106. The molecule has 2 rings (SSSR count). The Balaban J connectivity index is 0.000000718. The highest BCUT2D eigenvalue weighted by Gasteiger charge is 2.42. The van der Waals surface area contributed by atoms with E-state index < -0.39 is 77.2 Å². The topological polar surface area (TPSA) is 145 Å². The van der Waals surface area contributed by atoms with Gasteiger partial charge in [0.05, 0.1) is 12.7 Å². The second-order valence-electron chi connectivity index (χ2n) is 7.29. The van der Waals surface area contributed by atoms with E-state index in [1.54, 1.807) is 0 Å². The molecule has 1 aliphatic rings. The van der Waals surface area contributed by atoms with Crippen molar-refractivity contribution >= 4 is 22.5 Å². The van der Waals surface area contributed by atoms with Gasteiger partial charge in [0.2, 0.25) is 6.10 Å². The number of aliphatic hydroxyl groups is 1. The Bertz CT molecular complexity index is 868. The van der Waals surface area contributed by atoms with Gasteiger partial charge in [0.25, 0.3) is 0 Å². The molecule has 0 unspecified atom stereocenters. The third kappa shape index (κ3) is 8.88. The first kappa shape index (κ1) is 29.9. The normalized spacial score (nSPS) is 24.1. The number of rotatable bonds is 6. The molecule has 0 saturated carbocycles. The standard InChI is InChI=1S/C16H22F4N2O4S.C2HF3O2/c1-25-5-13(16(18,19)20)26-12-4-8(3-10(17)14(12)22)2-9-6-27(24)7-11(21)15(9)23;3-2(4,5)1(6)7/h3-4,9,11,13,15,23H,2,5-7,21-22H2,1H3;(H,6,7)/t9-,11+,13-,15+,27-;/m1./s1. The quantitative estimate of drug-likeness (QED) is 0.322. The summed E-state index contributed by atoms with van der Waals surface area (Å²) in [5.74, 6) is -4.38. The zero-order valence-corrected chi connectivity index (χ0v) is 18.3. The summed E-state index contributed by atoms with van der Waals surface area (Å²) in [6.45, 7) is -0.788. The number of anilines is 1. The van der Waals surface area contributed by atoms with E-state index in [0.717, 1.165) is 13.2 Å². The maximum absolute atomic E-state index is 14.1. The number of alkyl halides is 6. The van der Waals surface area contributed by atoms with E-state index in [1.165, 1.54) is 6.07 Å². The van der Waals surface area contributed by atoms with Crippen molar-refractivity contribution in [3.05, 3.63) is 23.5 Å². The highest BCUT2D eigenvalue weighted by Crippen LogP contribution is 2.33. The Morgan fingerprint density at radius 3 is 2.26 bits per heavy atom. The van der Waals surface area contributed by atoms with Gasteiger partial charge >= 0.3 is 18.3 Å². The summed E-state index contributed by atoms with van der Waals surface area (Å²) in [7, 11) is -0.154. The fourth-order valence-corrected chi connectivity index (χ4v) is 4.47. The molecule has 1 aromatic carbocycles. The maximum atomic E-state index is 14.1. The predicted octanol–water partition coefficient (Wildman–Crippen LogP) is 1.61. The molecule has 1 aliphatic heterocycles. The Kier molecular flexibility index (Phi) is 10.5. The van der Waals surface area contributed by atoms with Gasteiger partial charge < -0.3 is 31.2 Å². The number of carboxylic acid groups (broad SMARTS) is 1. The molecule has 6 N–H and O–H groups in total. The number of nitrogens with two attached hydrogens (primary N) is 2. The van der Waals surface area contributed by atoms with Gasteiger partial charge in [-0.3, -0.25) is 4.21 Å². The fraction of sp³-hybridized carbons (Fsp3) is 0.611. The first-order valence-electron chi connectivity index (χ1n) is 9.36. The predicted molar refractivity (Wildman–Crippen MR) is 106 cm³/mol. The summed E-state index contributed by atoms with van der Waals surface area (Å²) in [5, 5.41) is 17.3. The van der Waals surface area contributed by atoms with Crippen LogP contribution < -0.4 is 16.2 Å². The minimum absolute atomic E-state index is 0.0646. The Morgan fingerprint density at radius 1 is 1.24 bits per heavy atom. The fourth-order valence-electron chi connectivity index (χ4n) is 2.91. The van der Waals surface area contributed by atoms with Gasteiger partial charge in [-0.15, -0.1) is 0 Å². The average Bonchev–Trinajstić information content (AvgIpc) is 2.68. The molecule has 196 valence electrons. The zero-order chi connectivity index (χ0) is 26.4. The van der Waals surface area contributed by atoms with Gasteiger partial charge in [-0.25, -0.2) is 9.18 Å². The lowest BCUT2D eigenvalue weighted by Crippen LogP contribution is -2.50. The SMILES string of the molecule is COC[C@@H](Oc1cc(C[C@@H]2C[S@@](=O)C[C@H](N)[C@H]2O)cc(F)c1N)C(F)(F)F.O=C(O)C(F)(F)F. The van der Waals surface area contributed by atoms with Gasteiger partial charge in [-0.05, 0) is 24.1 Å². The monoisotopic (exact) mass is 528 g/mol. The van der Waals surface area contributed by atoms with E-state index >= 15 is 0 Å². The van der Waals surface area contributed by atoms with Crippen LogP contribution in [0.2, 0.25) is 0 Å². The smallest absolute Gasteiger partial charge is 0.476 e. The van der Waals surface area contributed by atoms with E-state index in [2.05, 4.69) is 4.74 Å². The van der Waals surface area contributed by atoms with Crippen molar-refractivity contribution in [3.63, 3.8) is 0 Å². The number of aliphatic hydroxyl groups excluding tert-OH is 1. The largest absolute Gasteiger partial charge is 0.490 e. The molecule has 1 fully saturated rings. The van der Waals surface area contributed by atoms with E-state index in [0.29, 0.717) is 0 Å². The van der Waals surface area contributed by atoms with Crippen LogP contribution in [0.1, 0.15) is 5.56 Å². The van der Waals surface area contributed by atoms with Crippen LogP contribution in [0.25, 0.3) is 0 Å². The molecule has 0 aliphatic carbocycles. The number of ether oxygens (including phenoxy) is 2. The van der Waals surface area contributed by atoms with Crippen LogP contribution in [0.15, 0.2) is 12.1 Å². The molecule has 1 aromatic rings. The molecule has 34 heavy (non-hydrogen) atoms. The molecular formula is C18H23F7N2O6S. The molecule has 0 spiro atoms. The molecular weight excluding hydrogens is 505 g/mol. The third-order valence-corrected chi connectivity index (χ3v) is 6.10. The molecule has 0 radical (unpaired) electrons. The number of benzene rings is 1. The number of hydrogen-bond donors (Lipinski definition) is 4. The first-order valence-corrected chi connectivity index (χ1v) is 10.8. The highest BCUT2D eigenvalue weighted by molar-refractivity contribution is 7.85. The van der Waals surface area contributed by atoms with Crippen molar-refractivity contribution in [1.82, 2.24) is 0 Å². The Labute approximate surface area is 191 Å². The Morgan fingerprint density at radius 2 is 1.79 bits per heavy atom. The Hall–Kier alpha value is -2.17. The number of aliphatic carboxylic acids is 1. The molecule has 5 atom stereocenters.